The number of hydrogen-bond donors (Lipinski definition) is 0. The van der Waals surface area contributed by atoms with Gasteiger partial charge < -0.3 is 4.74 Å². The van der Waals surface area contributed by atoms with Crippen LogP contribution in [0.15, 0.2) is 18.2 Å². The van der Waals surface area contributed by atoms with Crippen LogP contribution in [0.4, 0.5) is 0 Å². The zero-order chi connectivity index (χ0) is 16.7. The van der Waals surface area contributed by atoms with Crippen LogP contribution in [0.2, 0.25) is 5.02 Å². The number of alkyl halides is 1. The first kappa shape index (κ1) is 16.0. The van der Waals surface area contributed by atoms with Crippen LogP contribution < -0.4 is 5.46 Å². The highest BCUT2D eigenvalue weighted by molar-refractivity contribution is 6.45. The minimum Gasteiger partial charge on any atom is -0.345 e. The van der Waals surface area contributed by atoms with Gasteiger partial charge in [0.15, 0.2) is 5.60 Å². The van der Waals surface area contributed by atoms with Gasteiger partial charge in [-0.25, -0.2) is 4.89 Å². The van der Waals surface area contributed by atoms with Crippen LogP contribution in [-0.4, -0.2) is 25.4 Å². The number of benzene rings is 1. The van der Waals surface area contributed by atoms with Crippen LogP contribution in [0.5, 0.6) is 0 Å². The van der Waals surface area contributed by atoms with E-state index < -0.39 is 11.4 Å². The molecule has 3 unspecified atom stereocenters. The molecule has 5 aliphatic rings. The first-order valence-corrected chi connectivity index (χ1v) is 9.55. The Hall–Kier alpha value is -0.255. The van der Waals surface area contributed by atoms with Gasteiger partial charge in [0, 0.05) is 22.6 Å². The number of ether oxygens (including phenoxy) is 1. The van der Waals surface area contributed by atoms with Crippen molar-refractivity contribution in [3.05, 3.63) is 28.8 Å². The van der Waals surface area contributed by atoms with Crippen molar-refractivity contribution < 1.29 is 14.5 Å². The van der Waals surface area contributed by atoms with Gasteiger partial charge in [0.25, 0.3) is 5.79 Å². The molecule has 128 valence electrons. The Kier molecular flexibility index (Phi) is 3.27. The fraction of sp³-hybridized carbons (Fsp3) is 0.667. The van der Waals surface area contributed by atoms with Crippen molar-refractivity contribution in [2.75, 3.05) is 7.11 Å². The van der Waals surface area contributed by atoms with Crippen LogP contribution in [0.3, 0.4) is 0 Å². The maximum Gasteiger partial charge on any atom is 0.260 e. The lowest BCUT2D eigenvalue weighted by Gasteiger charge is -2.70. The van der Waals surface area contributed by atoms with Gasteiger partial charge in [-0.3, -0.25) is 0 Å². The molecule has 1 heterocycles. The van der Waals surface area contributed by atoms with Crippen molar-refractivity contribution in [2.24, 2.45) is 17.8 Å². The molecule has 4 aliphatic carbocycles. The van der Waals surface area contributed by atoms with E-state index in [4.69, 9.17) is 37.7 Å². The smallest absolute Gasteiger partial charge is 0.260 e. The quantitative estimate of drug-likeness (QED) is 0.457. The van der Waals surface area contributed by atoms with Gasteiger partial charge in [-0.2, -0.15) is 4.89 Å². The summed E-state index contributed by atoms with van der Waals surface area (Å²) < 4.78 is 6.03. The van der Waals surface area contributed by atoms with Gasteiger partial charge in [-0.15, -0.1) is 11.6 Å². The van der Waals surface area contributed by atoms with E-state index in [1.165, 1.54) is 0 Å². The van der Waals surface area contributed by atoms with Crippen molar-refractivity contribution in [2.45, 2.75) is 48.4 Å². The lowest BCUT2D eigenvalue weighted by Crippen LogP contribution is -2.78. The molecular formula is C18H21BCl2O3. The second-order valence-electron chi connectivity index (χ2n) is 8.24. The highest BCUT2D eigenvalue weighted by Crippen LogP contribution is 2.71. The summed E-state index contributed by atoms with van der Waals surface area (Å²) in [6.07, 6.45) is 5.45. The Morgan fingerprint density at radius 2 is 1.88 bits per heavy atom. The standard InChI is InChI=1S/C18H21BCl2O3/c1-22-18(11-2-3-15(20)14(19)6-11)17(23-24-18)12-4-10-5-13(17)9-16(21,7-10)8-12/h2-3,6,10,12-13H,4-5,7-9,19H2,1H3. The van der Waals surface area contributed by atoms with Gasteiger partial charge in [-0.1, -0.05) is 29.2 Å². The van der Waals surface area contributed by atoms with E-state index in [-0.39, 0.29) is 4.87 Å². The Morgan fingerprint density at radius 1 is 1.17 bits per heavy atom. The highest BCUT2D eigenvalue weighted by atomic mass is 35.5. The fourth-order valence-electron chi connectivity index (χ4n) is 6.19. The molecule has 4 bridgehead atoms. The van der Waals surface area contributed by atoms with Crippen LogP contribution >= 0.6 is 23.2 Å². The zero-order valence-corrected chi connectivity index (χ0v) is 15.5. The second kappa shape index (κ2) is 4.92. The van der Waals surface area contributed by atoms with Crippen molar-refractivity contribution in [1.29, 1.82) is 0 Å². The normalized spacial score (nSPS) is 48.7. The SMILES string of the molecule is Bc1cc(C2(OC)OOC23C2CC4CC3CC(Cl)(C4)C2)ccc1Cl. The monoisotopic (exact) mass is 366 g/mol. The summed E-state index contributed by atoms with van der Waals surface area (Å²) in [6, 6.07) is 5.99. The lowest BCUT2D eigenvalue weighted by molar-refractivity contribution is -0.645. The average molecular weight is 367 g/mol. The van der Waals surface area contributed by atoms with E-state index in [0.29, 0.717) is 11.8 Å². The summed E-state index contributed by atoms with van der Waals surface area (Å²) >= 11 is 13.1. The third-order valence-electron chi connectivity index (χ3n) is 6.96. The summed E-state index contributed by atoms with van der Waals surface area (Å²) in [5.41, 5.74) is 1.60. The predicted molar refractivity (Wildman–Crippen MR) is 95.4 cm³/mol. The molecule has 0 radical (unpaired) electrons. The first-order chi connectivity index (χ1) is 11.4. The average Bonchev–Trinajstić information content (AvgIpc) is 2.49. The molecule has 0 N–H and O–H groups in total. The highest BCUT2D eigenvalue weighted by Gasteiger charge is 2.78. The van der Waals surface area contributed by atoms with E-state index in [1.807, 2.05) is 20.0 Å². The summed E-state index contributed by atoms with van der Waals surface area (Å²) in [7, 11) is 3.72. The molecular weight excluding hydrogens is 346 g/mol. The molecule has 6 heteroatoms. The molecule has 1 aliphatic heterocycles. The predicted octanol–water partition coefficient (Wildman–Crippen LogP) is 2.92. The van der Waals surface area contributed by atoms with Crippen LogP contribution in [-0.2, 0) is 20.3 Å². The van der Waals surface area contributed by atoms with E-state index in [1.54, 1.807) is 7.11 Å². The fourth-order valence-corrected chi connectivity index (χ4v) is 6.90. The largest absolute Gasteiger partial charge is 0.345 e. The Morgan fingerprint density at radius 3 is 2.38 bits per heavy atom. The van der Waals surface area contributed by atoms with E-state index in [2.05, 4.69) is 6.07 Å². The van der Waals surface area contributed by atoms with E-state index >= 15 is 0 Å². The van der Waals surface area contributed by atoms with E-state index in [9.17, 15) is 0 Å². The Balaban J connectivity index is 1.62. The van der Waals surface area contributed by atoms with Gasteiger partial charge in [0.1, 0.15) is 7.85 Å². The maximum atomic E-state index is 6.91. The minimum atomic E-state index is -0.849. The summed E-state index contributed by atoms with van der Waals surface area (Å²) in [4.78, 5) is 11.7. The molecule has 1 aromatic carbocycles. The molecule has 0 amide bonds. The molecule has 1 saturated heterocycles. The third-order valence-corrected chi connectivity index (χ3v) is 7.85. The molecule has 1 aromatic rings. The summed E-state index contributed by atoms with van der Waals surface area (Å²) in [5, 5.41) is 0.754. The van der Waals surface area contributed by atoms with Crippen molar-refractivity contribution in [3.63, 3.8) is 0 Å². The molecule has 5 fully saturated rings. The molecule has 3 atom stereocenters. The van der Waals surface area contributed by atoms with Crippen LogP contribution in [0, 0.1) is 17.8 Å². The second-order valence-corrected chi connectivity index (χ2v) is 9.45. The number of methoxy groups -OCH3 is 1. The summed E-state index contributed by atoms with van der Waals surface area (Å²) in [5.74, 6) is 0.631. The van der Waals surface area contributed by atoms with Crippen LogP contribution in [0.25, 0.3) is 0 Å². The molecule has 1 spiro atoms. The maximum absolute atomic E-state index is 6.91. The summed E-state index contributed by atoms with van der Waals surface area (Å²) in [6.45, 7) is 0. The number of halogens is 2. The number of hydrogen-bond acceptors (Lipinski definition) is 3. The van der Waals surface area contributed by atoms with Gasteiger partial charge >= 0.3 is 0 Å². The van der Waals surface area contributed by atoms with Crippen molar-refractivity contribution in [3.8, 4) is 0 Å². The molecule has 3 nitrogen and oxygen atoms in total. The zero-order valence-electron chi connectivity index (χ0n) is 14.0. The van der Waals surface area contributed by atoms with Gasteiger partial charge in [-0.05, 0) is 55.9 Å². The molecule has 6 rings (SSSR count). The van der Waals surface area contributed by atoms with Crippen LogP contribution in [0.1, 0.15) is 37.7 Å². The number of rotatable bonds is 2. The minimum absolute atomic E-state index is 0.0455. The van der Waals surface area contributed by atoms with Gasteiger partial charge in [0.2, 0.25) is 0 Å². The van der Waals surface area contributed by atoms with E-state index in [0.717, 1.165) is 54.1 Å². The van der Waals surface area contributed by atoms with Crippen molar-refractivity contribution in [1.82, 2.24) is 0 Å². The Bertz CT molecular complexity index is 692. The molecule has 4 saturated carbocycles. The molecule has 24 heavy (non-hydrogen) atoms. The topological polar surface area (TPSA) is 27.7 Å². The lowest BCUT2D eigenvalue weighted by atomic mass is 9.46. The third kappa shape index (κ3) is 1.77. The molecule has 0 aromatic heterocycles. The van der Waals surface area contributed by atoms with Crippen molar-refractivity contribution >= 4 is 36.5 Å². The first-order valence-electron chi connectivity index (χ1n) is 8.80. The van der Waals surface area contributed by atoms with Gasteiger partial charge in [0.05, 0.1) is 0 Å². The Labute approximate surface area is 153 Å².